The number of hydrogen-bond donors (Lipinski definition) is 0. The second-order valence-corrected chi connectivity index (χ2v) is 16.1. The number of nitrogens with zero attached hydrogens (tertiary/aromatic N) is 3. The topological polar surface area (TPSA) is 13.1 Å². The van der Waals surface area contributed by atoms with Gasteiger partial charge in [0.1, 0.15) is 0 Å². The van der Waals surface area contributed by atoms with E-state index in [4.69, 9.17) is 0 Å². The summed E-state index contributed by atoms with van der Waals surface area (Å²) < 4.78 is 4.80. The van der Waals surface area contributed by atoms with Gasteiger partial charge < -0.3 is 14.0 Å². The van der Waals surface area contributed by atoms with Gasteiger partial charge in [-0.1, -0.05) is 140 Å². The van der Waals surface area contributed by atoms with Crippen molar-refractivity contribution in [2.75, 3.05) is 4.90 Å². The lowest BCUT2D eigenvalue weighted by atomic mass is 9.88. The first kappa shape index (κ1) is 33.8. The van der Waals surface area contributed by atoms with Gasteiger partial charge >= 0.3 is 0 Å². The van der Waals surface area contributed by atoms with E-state index < -0.39 is 0 Å². The summed E-state index contributed by atoms with van der Waals surface area (Å²) in [5.41, 5.74) is 13.0. The van der Waals surface area contributed by atoms with E-state index >= 15 is 0 Å². The van der Waals surface area contributed by atoms with E-state index in [0.29, 0.717) is 0 Å². The predicted molar refractivity (Wildman–Crippen MR) is 259 cm³/mol. The van der Waals surface area contributed by atoms with Crippen LogP contribution in [0.25, 0.3) is 98.4 Å². The van der Waals surface area contributed by atoms with Crippen LogP contribution in [0.4, 0.5) is 17.1 Å². The molecule has 0 aliphatic rings. The van der Waals surface area contributed by atoms with Crippen LogP contribution in [0.1, 0.15) is 0 Å². The van der Waals surface area contributed by atoms with Crippen LogP contribution < -0.4 is 4.90 Å². The smallest absolute Gasteiger partial charge is 0.0553 e. The molecule has 61 heavy (non-hydrogen) atoms. The lowest BCUT2D eigenvalue weighted by Gasteiger charge is -2.26. The Balaban J connectivity index is 0.961. The minimum Gasteiger partial charge on any atom is -0.310 e. The molecule has 0 saturated carbocycles. The molecule has 0 aliphatic heterocycles. The van der Waals surface area contributed by atoms with Crippen molar-refractivity contribution in [2.24, 2.45) is 0 Å². The normalized spacial score (nSPS) is 11.9. The maximum atomic E-state index is 2.42. The van der Waals surface area contributed by atoms with Gasteiger partial charge in [0.15, 0.2) is 0 Å². The van der Waals surface area contributed by atoms with E-state index in [9.17, 15) is 0 Å². The molecule has 0 bridgehead atoms. The first-order valence-corrected chi connectivity index (χ1v) is 21.0. The molecule has 284 valence electrons. The average Bonchev–Trinajstić information content (AvgIpc) is 3.84. The van der Waals surface area contributed by atoms with Crippen molar-refractivity contribution in [2.45, 2.75) is 0 Å². The fourth-order valence-corrected chi connectivity index (χ4v) is 10.2. The zero-order chi connectivity index (χ0) is 40.0. The molecule has 0 aliphatic carbocycles. The van der Waals surface area contributed by atoms with E-state index in [1.165, 1.54) is 92.7 Å². The van der Waals surface area contributed by atoms with Crippen LogP contribution in [0.5, 0.6) is 0 Å². The third-order valence-electron chi connectivity index (χ3n) is 12.8. The summed E-state index contributed by atoms with van der Waals surface area (Å²) in [6.07, 6.45) is 0. The van der Waals surface area contributed by atoms with E-state index in [-0.39, 0.29) is 0 Å². The van der Waals surface area contributed by atoms with Gasteiger partial charge in [0, 0.05) is 50.0 Å². The Morgan fingerprint density at radius 1 is 0.279 bits per heavy atom. The van der Waals surface area contributed by atoms with Crippen molar-refractivity contribution in [1.29, 1.82) is 0 Å². The number of fused-ring (bicyclic) bond motifs is 7. The molecule has 0 radical (unpaired) electrons. The van der Waals surface area contributed by atoms with E-state index in [0.717, 1.165) is 22.7 Å². The Morgan fingerprint density at radius 3 is 1.54 bits per heavy atom. The van der Waals surface area contributed by atoms with Crippen LogP contribution in [-0.4, -0.2) is 9.13 Å². The minimum atomic E-state index is 1.11. The van der Waals surface area contributed by atoms with Crippen molar-refractivity contribution in [3.63, 3.8) is 0 Å². The van der Waals surface area contributed by atoms with Gasteiger partial charge in [-0.25, -0.2) is 0 Å². The minimum absolute atomic E-state index is 1.11. The number of para-hydroxylation sites is 5. The summed E-state index contributed by atoms with van der Waals surface area (Å²) in [6.45, 7) is 0. The molecule has 0 amide bonds. The SMILES string of the molecule is c1ccc(N(c2ccc(-c3ccc4ccc5cc6c(c7ccc3c4c57)c3ccccc3n6-c3ccccc3)cc2)c2ccc3c(c2)c2ccccc2n3-c2ccccc2)cc1. The molecule has 13 aromatic rings. The maximum absolute atomic E-state index is 2.42. The third-order valence-corrected chi connectivity index (χ3v) is 12.8. The van der Waals surface area contributed by atoms with Crippen LogP contribution in [0, 0.1) is 0 Å². The summed E-state index contributed by atoms with van der Waals surface area (Å²) in [6, 6.07) is 82.1. The first-order chi connectivity index (χ1) is 30.3. The molecule has 11 aromatic carbocycles. The Hall–Kier alpha value is -8.14. The number of aromatic nitrogens is 2. The van der Waals surface area contributed by atoms with Crippen molar-refractivity contribution in [3.8, 4) is 22.5 Å². The highest BCUT2D eigenvalue weighted by Gasteiger charge is 2.21. The van der Waals surface area contributed by atoms with Crippen molar-refractivity contribution >= 4 is 93.0 Å². The largest absolute Gasteiger partial charge is 0.310 e. The first-order valence-electron chi connectivity index (χ1n) is 21.0. The second kappa shape index (κ2) is 13.2. The van der Waals surface area contributed by atoms with Crippen molar-refractivity contribution < 1.29 is 0 Å². The molecule has 0 N–H and O–H groups in total. The van der Waals surface area contributed by atoms with Gasteiger partial charge in [-0.2, -0.15) is 0 Å². The Labute approximate surface area is 352 Å². The lowest BCUT2D eigenvalue weighted by Crippen LogP contribution is -2.09. The maximum Gasteiger partial charge on any atom is 0.0553 e. The van der Waals surface area contributed by atoms with E-state index in [1.807, 2.05) is 0 Å². The molecule has 0 saturated heterocycles. The Kier molecular flexibility index (Phi) is 7.31. The standard InChI is InChI=1S/C58H37N3/c1-4-14-41(15-5-1)59(45-31-35-54-51(37-45)47-20-10-12-22-52(47)60(54)42-16-6-2-7-17-42)44-29-26-38(27-30-44)46-32-28-39-24-25-40-36-55-58(50-34-33-48(46)56(39)57(40)50)49-21-11-13-23-53(49)61(55)43-18-8-3-9-19-43/h1-37H. The third kappa shape index (κ3) is 5.04. The van der Waals surface area contributed by atoms with Gasteiger partial charge in [-0.15, -0.1) is 0 Å². The van der Waals surface area contributed by atoms with Gasteiger partial charge in [0.25, 0.3) is 0 Å². The molecule has 0 atom stereocenters. The molecule has 3 heteroatoms. The van der Waals surface area contributed by atoms with Crippen LogP contribution in [0.3, 0.4) is 0 Å². The van der Waals surface area contributed by atoms with Crippen LogP contribution in [-0.2, 0) is 0 Å². The van der Waals surface area contributed by atoms with Crippen LogP contribution >= 0.6 is 0 Å². The molecular weight excluding hydrogens is 739 g/mol. The van der Waals surface area contributed by atoms with Crippen molar-refractivity contribution in [1.82, 2.24) is 9.13 Å². The number of hydrogen-bond acceptors (Lipinski definition) is 1. The van der Waals surface area contributed by atoms with Gasteiger partial charge in [-0.3, -0.25) is 0 Å². The molecule has 0 fully saturated rings. The fourth-order valence-electron chi connectivity index (χ4n) is 10.2. The summed E-state index contributed by atoms with van der Waals surface area (Å²) in [5, 5.41) is 12.8. The Morgan fingerprint density at radius 2 is 0.803 bits per heavy atom. The predicted octanol–water partition coefficient (Wildman–Crippen LogP) is 15.9. The molecule has 2 aromatic heterocycles. The van der Waals surface area contributed by atoms with Crippen molar-refractivity contribution in [3.05, 3.63) is 224 Å². The Bertz CT molecular complexity index is 3790. The van der Waals surface area contributed by atoms with Gasteiger partial charge in [-0.05, 0) is 128 Å². The summed E-state index contributed by atoms with van der Waals surface area (Å²) in [5.74, 6) is 0. The zero-order valence-electron chi connectivity index (χ0n) is 33.2. The lowest BCUT2D eigenvalue weighted by molar-refractivity contribution is 1.18. The van der Waals surface area contributed by atoms with E-state index in [2.05, 4.69) is 238 Å². The molecule has 0 unspecified atom stereocenters. The molecule has 2 heterocycles. The van der Waals surface area contributed by atoms with Gasteiger partial charge in [0.05, 0.1) is 22.1 Å². The molecule has 13 rings (SSSR count). The van der Waals surface area contributed by atoms with Gasteiger partial charge in [0.2, 0.25) is 0 Å². The van der Waals surface area contributed by atoms with Crippen LogP contribution in [0.15, 0.2) is 224 Å². The summed E-state index contributed by atoms with van der Waals surface area (Å²) in [7, 11) is 0. The highest BCUT2D eigenvalue weighted by Crippen LogP contribution is 2.46. The molecule has 3 nitrogen and oxygen atoms in total. The summed E-state index contributed by atoms with van der Waals surface area (Å²) >= 11 is 0. The molecule has 0 spiro atoms. The van der Waals surface area contributed by atoms with Crippen LogP contribution in [0.2, 0.25) is 0 Å². The number of anilines is 3. The summed E-state index contributed by atoms with van der Waals surface area (Å²) in [4.78, 5) is 2.37. The molecular formula is C58H37N3. The van der Waals surface area contributed by atoms with E-state index in [1.54, 1.807) is 0 Å². The highest BCUT2D eigenvalue weighted by atomic mass is 15.1. The monoisotopic (exact) mass is 775 g/mol. The fraction of sp³-hybridized carbons (Fsp3) is 0. The second-order valence-electron chi connectivity index (χ2n) is 16.1. The number of benzene rings is 11. The zero-order valence-corrected chi connectivity index (χ0v) is 33.2. The average molecular weight is 776 g/mol. The quantitative estimate of drug-likeness (QED) is 0.153. The highest BCUT2D eigenvalue weighted by molar-refractivity contribution is 6.34. The number of rotatable bonds is 6.